The van der Waals surface area contributed by atoms with Crippen molar-refractivity contribution < 1.29 is 72.5 Å². The van der Waals surface area contributed by atoms with E-state index in [1.54, 1.807) is 6.92 Å². The first kappa shape index (κ1) is 26.0. The van der Waals surface area contributed by atoms with Crippen LogP contribution in [0.5, 0.6) is 5.88 Å². The van der Waals surface area contributed by atoms with Crippen molar-refractivity contribution in [2.75, 3.05) is 18.9 Å². The van der Waals surface area contributed by atoms with Crippen molar-refractivity contribution in [3.05, 3.63) is 6.33 Å². The smallest absolute Gasteiger partial charge is 0.476 e. The summed E-state index contributed by atoms with van der Waals surface area (Å²) < 4.78 is 103. The van der Waals surface area contributed by atoms with E-state index in [-0.39, 0.29) is 23.7 Å². The molecule has 18 nitrogen and oxygen atoms in total. The van der Waals surface area contributed by atoms with Crippen molar-refractivity contribution in [2.45, 2.75) is 37.7 Å². The molecule has 3 rings (SSSR count). The number of ether oxygens (including phenoxy) is 2. The molecule has 1 aliphatic heterocycles. The molecule has 0 saturated carbocycles. The normalized spacial score (nSPS) is 31.5. The summed E-state index contributed by atoms with van der Waals surface area (Å²) in [4.78, 5) is 47.4. The van der Waals surface area contributed by atoms with Crippen molar-refractivity contribution in [1.29, 1.82) is 0 Å². The van der Waals surface area contributed by atoms with Gasteiger partial charge in [0.25, 0.3) is 5.85 Å². The highest BCUT2D eigenvalue weighted by molar-refractivity contribution is 7.66. The van der Waals surface area contributed by atoms with E-state index in [1.807, 2.05) is 0 Å². The molecule has 2 aromatic rings. The molecule has 0 radical (unpaired) electrons. The number of phosphoric ester groups is 1. The second-order valence-corrected chi connectivity index (χ2v) is 11.4. The lowest BCUT2D eigenvalue weighted by Gasteiger charge is -2.25. The molecule has 23 heteroatoms. The number of nitrogen functional groups attached to an aromatic ring is 1. The maximum atomic E-state index is 15.8. The molecule has 36 heavy (non-hydrogen) atoms. The summed E-state index contributed by atoms with van der Waals surface area (Å²) in [6.45, 7) is -2.12. The van der Waals surface area contributed by atoms with Crippen molar-refractivity contribution >= 4 is 40.6 Å². The van der Waals surface area contributed by atoms with Gasteiger partial charge in [0.2, 0.25) is 11.8 Å². The van der Waals surface area contributed by atoms with Gasteiger partial charge in [0.05, 0.1) is 15.7 Å². The number of aliphatic hydroxyl groups is 1. The average molecular weight is 587 g/mol. The third-order valence-corrected chi connectivity index (χ3v) is 7.96. The van der Waals surface area contributed by atoms with E-state index in [0.29, 0.717) is 11.5 Å². The van der Waals surface area contributed by atoms with E-state index in [9.17, 15) is 28.6 Å². The Morgan fingerprint density at radius 3 is 2.44 bits per heavy atom. The molecule has 6 atom stereocenters. The van der Waals surface area contributed by atoms with Gasteiger partial charge in [0.1, 0.15) is 6.56 Å². The van der Waals surface area contributed by atoms with E-state index < -0.39 is 59.8 Å². The van der Waals surface area contributed by atoms with Gasteiger partial charge in [-0.3, -0.25) is 9.09 Å². The Bertz CT molecular complexity index is 1380. The Morgan fingerprint density at radius 2 is 1.86 bits per heavy atom. The zero-order chi connectivity index (χ0) is 29.1. The number of imidazole rings is 1. The Balaban J connectivity index is 1.98. The van der Waals surface area contributed by atoms with Gasteiger partial charge >= 0.3 is 23.5 Å². The van der Waals surface area contributed by atoms with Crippen molar-refractivity contribution in [2.24, 2.45) is 0 Å². The van der Waals surface area contributed by atoms with E-state index in [1.165, 1.54) is 0 Å². The van der Waals surface area contributed by atoms with Crippen LogP contribution in [0.1, 0.15) is 22.8 Å². The summed E-state index contributed by atoms with van der Waals surface area (Å²) in [5.74, 6) is -4.93. The molecule has 0 aliphatic carbocycles. The van der Waals surface area contributed by atoms with Crippen LogP contribution >= 0.6 is 23.5 Å². The van der Waals surface area contributed by atoms with Crippen molar-refractivity contribution in [3.8, 4) is 5.88 Å². The third kappa shape index (κ3) is 6.07. The van der Waals surface area contributed by atoms with Gasteiger partial charge in [-0.2, -0.15) is 18.6 Å². The van der Waals surface area contributed by atoms with E-state index >= 15 is 8.78 Å². The number of hydrogen-bond donors (Lipinski definition) is 6. The lowest BCUT2D eigenvalue weighted by molar-refractivity contribution is -0.203. The van der Waals surface area contributed by atoms with Crippen LogP contribution in [0, 0.1) is 0 Å². The molecule has 0 bridgehead atoms. The molecule has 1 aliphatic rings. The van der Waals surface area contributed by atoms with Crippen LogP contribution in [0.15, 0.2) is 6.33 Å². The first-order chi connectivity index (χ1) is 17.1. The summed E-state index contributed by atoms with van der Waals surface area (Å²) in [6.07, 6.45) is -4.61. The summed E-state index contributed by atoms with van der Waals surface area (Å²) in [6, 6.07) is 0. The van der Waals surface area contributed by atoms with Gasteiger partial charge in [0.15, 0.2) is 29.2 Å². The quantitative estimate of drug-likeness (QED) is 0.206. The fourth-order valence-corrected chi connectivity index (χ4v) is 5.86. The van der Waals surface area contributed by atoms with E-state index in [2.05, 4.69) is 28.1 Å². The van der Waals surface area contributed by atoms with Crippen LogP contribution in [0.2, 0.25) is 0 Å². The predicted molar refractivity (Wildman–Crippen MR) is 110 cm³/mol. The number of aromatic nitrogens is 4. The van der Waals surface area contributed by atoms with E-state index in [4.69, 9.17) is 27.7 Å². The monoisotopic (exact) mass is 587 g/mol. The molecule has 3 heterocycles. The van der Waals surface area contributed by atoms with Gasteiger partial charge in [-0.25, -0.2) is 27.5 Å². The number of nitrogens with two attached hydrogens (primary N) is 1. The minimum atomic E-state index is -6.31. The van der Waals surface area contributed by atoms with Crippen molar-refractivity contribution in [1.82, 2.24) is 19.5 Å². The van der Waals surface area contributed by atoms with Crippen LogP contribution < -0.4 is 10.5 Å². The number of phosphoric acid groups is 3. The van der Waals surface area contributed by atoms with Gasteiger partial charge in [-0.15, -0.1) is 0 Å². The number of fused-ring (bicyclic) bond motifs is 1. The number of anilines is 1. The largest absolute Gasteiger partial charge is 0.490 e. The van der Waals surface area contributed by atoms with Gasteiger partial charge < -0.3 is 39.9 Å². The predicted octanol–water partition coefficient (Wildman–Crippen LogP) is 0.434. The number of rotatable bonds is 10. The molecular formula is C13H20F2N5O13P3. The number of aliphatic hydroxyl groups excluding tert-OH is 1. The van der Waals surface area contributed by atoms with Crippen LogP contribution in [0.4, 0.5) is 14.7 Å². The zero-order valence-corrected chi connectivity index (χ0v) is 20.6. The Hall–Kier alpha value is -1.66. The first-order valence-corrected chi connectivity index (χ1v) is 13.8. The fraction of sp³-hybridized carbons (Fsp3) is 0.615. The fourth-order valence-electron chi connectivity index (χ4n) is 2.98. The van der Waals surface area contributed by atoms with E-state index in [0.717, 1.165) is 6.33 Å². The highest BCUT2D eigenvalue weighted by Gasteiger charge is 2.65. The molecule has 0 amide bonds. The first-order valence-electron chi connectivity index (χ1n) is 10.3. The summed E-state index contributed by atoms with van der Waals surface area (Å²) in [7, 11) is -18.2. The zero-order valence-electron chi connectivity index (χ0n) is 19.9. The lowest BCUT2D eigenvalue weighted by atomic mass is 9.97. The number of nitrogens with zero attached hydrogens (tertiary/aromatic N) is 4. The Kier molecular flexibility index (Phi) is 6.91. The van der Waals surface area contributed by atoms with Crippen LogP contribution in [0.3, 0.4) is 0 Å². The molecule has 204 valence electrons. The highest BCUT2D eigenvalue weighted by Crippen LogP contribution is 2.66. The molecular weight excluding hydrogens is 565 g/mol. The molecule has 7 N–H and O–H groups in total. The summed E-state index contributed by atoms with van der Waals surface area (Å²) in [5.41, 5.74) is 1.90. The standard InChI is InChI=1S/C13H20F2N5O13P3/c1-3-29-8-6-7(18-11(16)19-8)20(5-17-6)10-12(2,14)9(21)13(15,31-10)4-30-35(25,26)33-36(27,28)32-34(22,23)24/h5,9-10,21H,3-4H2,1-2H3,(H,25,26)(H,27,28)(H2,16,18,19)(H2,22,23,24)/t9-,10+,12+,13+/m0/s1/i4D2. The Morgan fingerprint density at radius 1 is 1.22 bits per heavy atom. The minimum Gasteiger partial charge on any atom is -0.476 e. The van der Waals surface area contributed by atoms with Crippen LogP contribution in [-0.4, -0.2) is 75.0 Å². The average Bonchev–Trinajstić information content (AvgIpc) is 3.17. The second-order valence-electron chi connectivity index (χ2n) is 7.10. The third-order valence-electron chi connectivity index (χ3n) is 4.31. The number of halogens is 2. The second kappa shape index (κ2) is 9.58. The minimum absolute atomic E-state index is 0.0896. The maximum Gasteiger partial charge on any atom is 0.490 e. The van der Waals surface area contributed by atoms with Crippen molar-refractivity contribution in [3.63, 3.8) is 0 Å². The molecule has 2 aromatic heterocycles. The number of hydrogen-bond acceptors (Lipinski definition) is 13. The van der Waals surface area contributed by atoms with Crippen LogP contribution in [0.25, 0.3) is 11.2 Å². The summed E-state index contributed by atoms with van der Waals surface area (Å²) in [5, 5.41) is 10.4. The number of alkyl halides is 2. The topological polar surface area (TPSA) is 268 Å². The summed E-state index contributed by atoms with van der Waals surface area (Å²) >= 11 is 0. The van der Waals surface area contributed by atoms with Gasteiger partial charge in [-0.1, -0.05) is 0 Å². The molecule has 1 saturated heterocycles. The lowest BCUT2D eigenvalue weighted by Crippen LogP contribution is -2.46. The SMILES string of the molecule is [2H]C([2H])(OP(=O)(O)OP(=O)(O)OP(=O)(O)O)[C@@]1(F)O[C@@H](n2cnc3c(OCC)nc(N)nc32)[C@](C)(F)[C@@H]1O. The van der Waals surface area contributed by atoms with Gasteiger partial charge in [0, 0.05) is 0 Å². The van der Waals surface area contributed by atoms with Gasteiger partial charge in [-0.05, 0) is 13.8 Å². The molecule has 2 unspecified atom stereocenters. The highest BCUT2D eigenvalue weighted by atomic mass is 31.3. The van der Waals surface area contributed by atoms with Crippen LogP contribution in [-0.2, 0) is 31.6 Å². The Labute approximate surface area is 202 Å². The maximum absolute atomic E-state index is 15.8. The molecule has 0 aromatic carbocycles. The molecule has 1 fully saturated rings. The molecule has 0 spiro atoms.